The molecule has 2 N–H and O–H groups in total. The van der Waals surface area contributed by atoms with Crippen LogP contribution in [0.4, 0.5) is 0 Å². The number of aromatic nitrogens is 1. The van der Waals surface area contributed by atoms with Crippen molar-refractivity contribution in [2.45, 2.75) is 13.5 Å². The molecule has 1 saturated heterocycles. The summed E-state index contributed by atoms with van der Waals surface area (Å²) in [5.41, 5.74) is 0.904. The molecule has 1 amide bonds. The highest BCUT2D eigenvalue weighted by Gasteiger charge is 2.28. The first-order valence-corrected chi connectivity index (χ1v) is 8.94. The van der Waals surface area contributed by atoms with Gasteiger partial charge in [0, 0.05) is 24.7 Å². The Kier molecular flexibility index (Phi) is 10.0. The van der Waals surface area contributed by atoms with Gasteiger partial charge in [-0.25, -0.2) is 4.98 Å². The number of rotatable bonds is 8. The van der Waals surface area contributed by atoms with Gasteiger partial charge in [-0.3, -0.25) is 4.79 Å². The average Bonchev–Trinajstić information content (AvgIpc) is 2.65. The number of hydrogen-bond acceptors (Lipinski definition) is 6. The Morgan fingerprint density at radius 2 is 1.83 bits per heavy atom. The van der Waals surface area contributed by atoms with E-state index in [9.17, 15) is 4.79 Å². The molecule has 29 heavy (non-hydrogen) atoms. The molecule has 1 aliphatic rings. The molecule has 9 heteroatoms. The van der Waals surface area contributed by atoms with E-state index in [4.69, 9.17) is 14.2 Å². The molecule has 1 fully saturated rings. The van der Waals surface area contributed by atoms with Gasteiger partial charge >= 0.3 is 0 Å². The lowest BCUT2D eigenvalue weighted by molar-refractivity contribution is -0.126. The van der Waals surface area contributed by atoms with Gasteiger partial charge < -0.3 is 24.8 Å². The van der Waals surface area contributed by atoms with Gasteiger partial charge in [0.15, 0.2) is 11.5 Å². The van der Waals surface area contributed by atoms with Crippen molar-refractivity contribution in [2.75, 3.05) is 27.3 Å². The van der Waals surface area contributed by atoms with Gasteiger partial charge in [0.1, 0.15) is 0 Å². The zero-order chi connectivity index (χ0) is 19.2. The zero-order valence-corrected chi connectivity index (χ0v) is 18.3. The van der Waals surface area contributed by atoms with Crippen molar-refractivity contribution < 1.29 is 19.0 Å². The van der Waals surface area contributed by atoms with Crippen molar-refractivity contribution in [1.29, 1.82) is 0 Å². The normalized spacial score (nSPS) is 13.8. The molecule has 0 saturated carbocycles. The van der Waals surface area contributed by atoms with Crippen LogP contribution in [0.15, 0.2) is 36.5 Å². The monoisotopic (exact) mass is 443 g/mol. The van der Waals surface area contributed by atoms with Gasteiger partial charge in [-0.2, -0.15) is 0 Å². The third-order valence-electron chi connectivity index (χ3n) is 4.79. The van der Waals surface area contributed by atoms with E-state index in [1.807, 2.05) is 19.1 Å². The number of ether oxygens (including phenoxy) is 3. The first-order valence-electron chi connectivity index (χ1n) is 8.94. The maximum atomic E-state index is 12.2. The van der Waals surface area contributed by atoms with Crippen LogP contribution >= 0.6 is 24.8 Å². The van der Waals surface area contributed by atoms with E-state index in [2.05, 4.69) is 15.6 Å². The average molecular weight is 444 g/mol. The molecular weight excluding hydrogens is 417 g/mol. The number of benzene rings is 1. The van der Waals surface area contributed by atoms with Crippen molar-refractivity contribution in [3.8, 4) is 23.1 Å². The predicted octanol–water partition coefficient (Wildman–Crippen LogP) is 3.21. The lowest BCUT2D eigenvalue weighted by Gasteiger charge is -2.31. The highest BCUT2D eigenvalue weighted by molar-refractivity contribution is 5.85. The van der Waals surface area contributed by atoms with E-state index in [-0.39, 0.29) is 36.6 Å². The summed E-state index contributed by atoms with van der Waals surface area (Å²) in [6.45, 7) is 4.23. The van der Waals surface area contributed by atoms with E-state index in [0.717, 1.165) is 18.7 Å². The van der Waals surface area contributed by atoms with Crippen LogP contribution in [-0.2, 0) is 11.3 Å². The predicted molar refractivity (Wildman–Crippen MR) is 116 cm³/mol. The summed E-state index contributed by atoms with van der Waals surface area (Å²) in [4.78, 5) is 16.5. The number of pyridine rings is 1. The maximum absolute atomic E-state index is 12.2. The summed E-state index contributed by atoms with van der Waals surface area (Å²) >= 11 is 0. The van der Waals surface area contributed by atoms with Gasteiger partial charge in [0.25, 0.3) is 0 Å². The largest absolute Gasteiger partial charge is 0.493 e. The first-order chi connectivity index (χ1) is 13.1. The minimum atomic E-state index is 0. The lowest BCUT2D eigenvalue weighted by Crippen LogP contribution is -2.49. The molecule has 0 radical (unpaired) electrons. The molecule has 1 aliphatic heterocycles. The molecule has 3 rings (SSSR count). The third-order valence-corrected chi connectivity index (χ3v) is 4.79. The summed E-state index contributed by atoms with van der Waals surface area (Å²) < 4.78 is 16.5. The van der Waals surface area contributed by atoms with Gasteiger partial charge in [-0.1, -0.05) is 19.1 Å². The summed E-state index contributed by atoms with van der Waals surface area (Å²) in [7, 11) is 3.14. The molecule has 1 aromatic heterocycles. The maximum Gasteiger partial charge on any atom is 0.223 e. The third kappa shape index (κ3) is 6.13. The lowest BCUT2D eigenvalue weighted by atomic mass is 9.88. The van der Waals surface area contributed by atoms with Crippen LogP contribution in [0, 0.1) is 11.8 Å². The number of nitrogens with zero attached hydrogens (tertiary/aromatic N) is 1. The summed E-state index contributed by atoms with van der Waals surface area (Å²) in [5.74, 6) is 2.52. The van der Waals surface area contributed by atoms with Crippen molar-refractivity contribution in [2.24, 2.45) is 11.8 Å². The highest BCUT2D eigenvalue weighted by Crippen LogP contribution is 2.39. The minimum Gasteiger partial charge on any atom is -0.493 e. The number of halogens is 2. The van der Waals surface area contributed by atoms with E-state index in [1.165, 1.54) is 0 Å². The van der Waals surface area contributed by atoms with Crippen molar-refractivity contribution in [3.05, 3.63) is 42.1 Å². The summed E-state index contributed by atoms with van der Waals surface area (Å²) in [6, 6.07) is 9.04. The van der Waals surface area contributed by atoms with Crippen LogP contribution in [0.1, 0.15) is 12.5 Å². The Balaban J connectivity index is 0.00000210. The van der Waals surface area contributed by atoms with Crippen LogP contribution < -0.4 is 24.8 Å². The van der Waals surface area contributed by atoms with Crippen LogP contribution in [0.25, 0.3) is 0 Å². The van der Waals surface area contributed by atoms with Gasteiger partial charge in [0.2, 0.25) is 17.5 Å². The standard InChI is InChI=1S/C20H25N3O4.2ClH/c1-13(15-11-21-12-15)20(24)23-10-14-7-8-18(22-9-14)27-19-16(25-2)5-4-6-17(19)26-3;;/h4-9,13,15,21H,10-12H2,1-3H3,(H,23,24);2*1H. The Morgan fingerprint density at radius 1 is 1.17 bits per heavy atom. The molecule has 0 bridgehead atoms. The quantitative estimate of drug-likeness (QED) is 0.651. The molecule has 7 nitrogen and oxygen atoms in total. The zero-order valence-electron chi connectivity index (χ0n) is 16.6. The van der Waals surface area contributed by atoms with Crippen molar-refractivity contribution in [1.82, 2.24) is 15.6 Å². The first kappa shape index (κ1) is 24.8. The van der Waals surface area contributed by atoms with E-state index in [1.54, 1.807) is 38.6 Å². The number of nitrogens with one attached hydrogen (secondary N) is 2. The SMILES string of the molecule is COc1cccc(OC)c1Oc1ccc(CNC(=O)C(C)C2CNC2)cn1.Cl.Cl. The Morgan fingerprint density at radius 3 is 2.31 bits per heavy atom. The fourth-order valence-electron chi connectivity index (χ4n) is 2.83. The van der Waals surface area contributed by atoms with Gasteiger partial charge in [0.05, 0.1) is 14.2 Å². The Labute approximate surface area is 183 Å². The van der Waals surface area contributed by atoms with E-state index >= 15 is 0 Å². The molecule has 1 unspecified atom stereocenters. The fraction of sp³-hybridized carbons (Fsp3) is 0.400. The second kappa shape index (κ2) is 11.7. The highest BCUT2D eigenvalue weighted by atomic mass is 35.5. The minimum absolute atomic E-state index is 0. The van der Waals surface area contributed by atoms with Crippen molar-refractivity contribution >= 4 is 30.7 Å². The number of amides is 1. The number of methoxy groups -OCH3 is 2. The molecule has 0 spiro atoms. The van der Waals surface area contributed by atoms with Gasteiger partial charge in [-0.05, 0) is 36.7 Å². The van der Waals surface area contributed by atoms with E-state index in [0.29, 0.717) is 35.6 Å². The molecule has 1 atom stereocenters. The number of carbonyl (C=O) groups is 1. The Bertz CT molecular complexity index is 764. The molecule has 1 aromatic carbocycles. The van der Waals surface area contributed by atoms with Gasteiger partial charge in [-0.15, -0.1) is 24.8 Å². The van der Waals surface area contributed by atoms with Crippen LogP contribution in [-0.4, -0.2) is 38.2 Å². The molecular formula is C20H27Cl2N3O4. The topological polar surface area (TPSA) is 81.7 Å². The molecule has 2 heterocycles. The number of carbonyl (C=O) groups excluding carboxylic acids is 1. The molecule has 160 valence electrons. The van der Waals surface area contributed by atoms with Crippen LogP contribution in [0.5, 0.6) is 23.1 Å². The fourth-order valence-corrected chi connectivity index (χ4v) is 2.83. The summed E-state index contributed by atoms with van der Waals surface area (Å²) in [5, 5.41) is 6.16. The summed E-state index contributed by atoms with van der Waals surface area (Å²) in [6.07, 6.45) is 1.69. The van der Waals surface area contributed by atoms with Crippen LogP contribution in [0.3, 0.4) is 0 Å². The Hall–Kier alpha value is -2.22. The molecule has 2 aromatic rings. The van der Waals surface area contributed by atoms with Crippen molar-refractivity contribution in [3.63, 3.8) is 0 Å². The number of para-hydroxylation sites is 1. The van der Waals surface area contributed by atoms with Crippen LogP contribution in [0.2, 0.25) is 0 Å². The van der Waals surface area contributed by atoms with E-state index < -0.39 is 0 Å². The second-order valence-corrected chi connectivity index (χ2v) is 6.52. The second-order valence-electron chi connectivity index (χ2n) is 6.52. The molecule has 0 aliphatic carbocycles. The number of hydrogen-bond donors (Lipinski definition) is 2. The smallest absolute Gasteiger partial charge is 0.223 e.